The van der Waals surface area contributed by atoms with Gasteiger partial charge in [-0.15, -0.1) is 0 Å². The van der Waals surface area contributed by atoms with Crippen LogP contribution in [-0.4, -0.2) is 38.4 Å². The average molecular weight is 315 g/mol. The molecule has 1 rings (SSSR count). The molecule has 21 heavy (non-hydrogen) atoms. The number of rotatable bonds is 7. The number of carbonyl (C=O) groups is 1. The van der Waals surface area contributed by atoms with Crippen molar-refractivity contribution in [3.05, 3.63) is 29.8 Å². The van der Waals surface area contributed by atoms with Crippen molar-refractivity contribution in [3.63, 3.8) is 0 Å². The largest absolute Gasteiger partial charge is 0.389 e. The van der Waals surface area contributed by atoms with Crippen LogP contribution in [0.3, 0.4) is 0 Å². The van der Waals surface area contributed by atoms with E-state index in [1.165, 1.54) is 0 Å². The maximum absolute atomic E-state index is 11.6. The van der Waals surface area contributed by atoms with E-state index >= 15 is 0 Å². The van der Waals surface area contributed by atoms with Gasteiger partial charge in [-0.2, -0.15) is 0 Å². The lowest BCUT2D eigenvalue weighted by Gasteiger charge is -2.09. The molecule has 0 aliphatic rings. The molecule has 0 fully saturated rings. The zero-order valence-electron chi connectivity index (χ0n) is 12.1. The van der Waals surface area contributed by atoms with Crippen LogP contribution < -0.4 is 15.4 Å². The summed E-state index contributed by atoms with van der Waals surface area (Å²) in [5.41, 5.74) is 1.31. The van der Waals surface area contributed by atoms with Crippen LogP contribution in [0.5, 0.6) is 0 Å². The predicted molar refractivity (Wildman–Crippen MR) is 81.6 cm³/mol. The number of aliphatic hydroxyl groups excluding tert-OH is 1. The molecule has 1 aromatic carbocycles. The quantitative estimate of drug-likeness (QED) is 0.597. The molecule has 0 radical (unpaired) electrons. The highest BCUT2D eigenvalue weighted by atomic mass is 32.2. The Morgan fingerprint density at radius 1 is 1.29 bits per heavy atom. The maximum atomic E-state index is 11.6. The number of aliphatic hydroxyl groups is 1. The molecular weight excluding hydrogens is 294 g/mol. The summed E-state index contributed by atoms with van der Waals surface area (Å²) in [4.78, 5) is 11.6. The highest BCUT2D eigenvalue weighted by Crippen LogP contribution is 2.15. The van der Waals surface area contributed by atoms with E-state index in [1.54, 1.807) is 38.1 Å². The van der Waals surface area contributed by atoms with Crippen LogP contribution in [0.25, 0.3) is 0 Å². The summed E-state index contributed by atoms with van der Waals surface area (Å²) in [5.74, 6) is -0.171. The van der Waals surface area contributed by atoms with Crippen molar-refractivity contribution in [2.75, 3.05) is 24.2 Å². The van der Waals surface area contributed by atoms with E-state index in [2.05, 4.69) is 15.4 Å². The van der Waals surface area contributed by atoms with Gasteiger partial charge in [-0.05, 0) is 24.6 Å². The van der Waals surface area contributed by atoms with Crippen molar-refractivity contribution >= 4 is 21.7 Å². The molecule has 0 bridgehead atoms. The topological polar surface area (TPSA) is 108 Å². The van der Waals surface area contributed by atoms with E-state index in [4.69, 9.17) is 0 Å². The molecule has 0 aliphatic carbocycles. The van der Waals surface area contributed by atoms with E-state index in [1.807, 2.05) is 0 Å². The van der Waals surface area contributed by atoms with Gasteiger partial charge in [0.15, 0.2) is 0 Å². The summed E-state index contributed by atoms with van der Waals surface area (Å²) in [6.07, 6.45) is -0.566. The fourth-order valence-corrected chi connectivity index (χ4v) is 2.57. The molecule has 118 valence electrons. The van der Waals surface area contributed by atoms with Crippen LogP contribution in [0, 0.1) is 0 Å². The van der Waals surface area contributed by atoms with Crippen LogP contribution in [0.15, 0.2) is 24.3 Å². The molecule has 0 aliphatic heterocycles. The first-order valence-electron chi connectivity index (χ1n) is 6.64. The average Bonchev–Trinajstić information content (AvgIpc) is 2.38. The number of nitrogens with one attached hydrogen (secondary N) is 3. The molecular formula is C13H21N3O4S. The molecule has 7 nitrogen and oxygen atoms in total. The summed E-state index contributed by atoms with van der Waals surface area (Å²) < 4.78 is 25.1. The fourth-order valence-electron chi connectivity index (χ4n) is 1.61. The standard InChI is InChI=1S/C13H21N3O4S/c1-3-15-21(19,20)9-8-14-13(18)16-12-6-4-11(5-7-12)10(2)17/h4-7,10,15,17H,3,8-9H2,1-2H3,(H2,14,16,18). The third kappa shape index (κ3) is 6.56. The van der Waals surface area contributed by atoms with Gasteiger partial charge in [-0.25, -0.2) is 17.9 Å². The van der Waals surface area contributed by atoms with Gasteiger partial charge in [0, 0.05) is 18.8 Å². The lowest BCUT2D eigenvalue weighted by atomic mass is 10.1. The van der Waals surface area contributed by atoms with Gasteiger partial charge in [-0.3, -0.25) is 0 Å². The van der Waals surface area contributed by atoms with Crippen LogP contribution in [0.2, 0.25) is 0 Å². The molecule has 4 N–H and O–H groups in total. The number of amides is 2. The van der Waals surface area contributed by atoms with Gasteiger partial charge in [0.1, 0.15) is 0 Å². The lowest BCUT2D eigenvalue weighted by molar-refractivity contribution is 0.199. The number of carbonyl (C=O) groups excluding carboxylic acids is 1. The van der Waals surface area contributed by atoms with Gasteiger partial charge >= 0.3 is 6.03 Å². The molecule has 1 atom stereocenters. The van der Waals surface area contributed by atoms with E-state index in [0.717, 1.165) is 5.56 Å². The number of benzene rings is 1. The van der Waals surface area contributed by atoms with E-state index in [9.17, 15) is 18.3 Å². The molecule has 1 unspecified atom stereocenters. The monoisotopic (exact) mass is 315 g/mol. The second kappa shape index (κ2) is 7.96. The Kier molecular flexibility index (Phi) is 6.60. The summed E-state index contributed by atoms with van der Waals surface area (Å²) in [5, 5.41) is 14.4. The zero-order valence-corrected chi connectivity index (χ0v) is 12.9. The number of sulfonamides is 1. The Labute approximate surface area is 124 Å². The maximum Gasteiger partial charge on any atom is 0.319 e. The Hall–Kier alpha value is -1.64. The van der Waals surface area contributed by atoms with Crippen LogP contribution in [0.1, 0.15) is 25.5 Å². The minimum atomic E-state index is -3.34. The normalized spacial score (nSPS) is 12.7. The minimum absolute atomic E-state index is 0.0208. The Morgan fingerprint density at radius 3 is 2.43 bits per heavy atom. The summed E-state index contributed by atoms with van der Waals surface area (Å²) in [7, 11) is -3.34. The van der Waals surface area contributed by atoms with Crippen molar-refractivity contribution in [1.82, 2.24) is 10.0 Å². The molecule has 8 heteroatoms. The number of hydrogen-bond donors (Lipinski definition) is 4. The first-order valence-corrected chi connectivity index (χ1v) is 8.29. The predicted octanol–water partition coefficient (Wildman–Crippen LogP) is 0.801. The molecule has 0 aromatic heterocycles. The highest BCUT2D eigenvalue weighted by Gasteiger charge is 2.09. The molecule has 2 amide bonds. The van der Waals surface area contributed by atoms with E-state index < -0.39 is 22.2 Å². The summed E-state index contributed by atoms with van der Waals surface area (Å²) in [6, 6.07) is 6.26. The Balaban J connectivity index is 2.40. The molecule has 0 spiro atoms. The molecule has 0 saturated carbocycles. The van der Waals surface area contributed by atoms with Gasteiger partial charge in [0.05, 0.1) is 11.9 Å². The second-order valence-corrected chi connectivity index (χ2v) is 6.42. The number of hydrogen-bond acceptors (Lipinski definition) is 4. The van der Waals surface area contributed by atoms with Gasteiger partial charge < -0.3 is 15.7 Å². The Morgan fingerprint density at radius 2 is 1.90 bits per heavy atom. The van der Waals surface area contributed by atoms with E-state index in [0.29, 0.717) is 12.2 Å². The summed E-state index contributed by atoms with van der Waals surface area (Å²) in [6.45, 7) is 3.69. The number of anilines is 1. The SMILES string of the molecule is CCNS(=O)(=O)CCNC(=O)Nc1ccc(C(C)O)cc1. The van der Waals surface area contributed by atoms with Gasteiger partial charge in [0.25, 0.3) is 0 Å². The van der Waals surface area contributed by atoms with Crippen molar-refractivity contribution in [2.24, 2.45) is 0 Å². The highest BCUT2D eigenvalue weighted by molar-refractivity contribution is 7.89. The molecule has 0 saturated heterocycles. The van der Waals surface area contributed by atoms with Crippen LogP contribution >= 0.6 is 0 Å². The van der Waals surface area contributed by atoms with Crippen LogP contribution in [0.4, 0.5) is 10.5 Å². The van der Waals surface area contributed by atoms with E-state index in [-0.39, 0.29) is 12.3 Å². The third-order valence-electron chi connectivity index (χ3n) is 2.67. The number of urea groups is 1. The van der Waals surface area contributed by atoms with Crippen molar-refractivity contribution in [3.8, 4) is 0 Å². The third-order valence-corrected chi connectivity index (χ3v) is 4.14. The van der Waals surface area contributed by atoms with Gasteiger partial charge in [0.2, 0.25) is 10.0 Å². The molecule has 1 aromatic rings. The van der Waals surface area contributed by atoms with Crippen molar-refractivity contribution in [1.29, 1.82) is 0 Å². The van der Waals surface area contributed by atoms with Crippen molar-refractivity contribution in [2.45, 2.75) is 20.0 Å². The summed E-state index contributed by atoms with van der Waals surface area (Å²) >= 11 is 0. The lowest BCUT2D eigenvalue weighted by Crippen LogP contribution is -2.36. The van der Waals surface area contributed by atoms with Crippen molar-refractivity contribution < 1.29 is 18.3 Å². The minimum Gasteiger partial charge on any atom is -0.389 e. The first kappa shape index (κ1) is 17.4. The van der Waals surface area contributed by atoms with Crippen LogP contribution in [-0.2, 0) is 10.0 Å². The van der Waals surface area contributed by atoms with Gasteiger partial charge in [-0.1, -0.05) is 19.1 Å². The Bertz CT molecular complexity index is 555. The molecule has 0 heterocycles. The first-order chi connectivity index (χ1) is 9.84. The smallest absolute Gasteiger partial charge is 0.319 e. The fraction of sp³-hybridized carbons (Fsp3) is 0.462. The second-order valence-electron chi connectivity index (χ2n) is 4.50. The zero-order chi connectivity index (χ0) is 15.9.